The van der Waals surface area contributed by atoms with Crippen molar-refractivity contribution in [3.63, 3.8) is 0 Å². The Kier molecular flexibility index (Phi) is 6.22. The quantitative estimate of drug-likeness (QED) is 0.662. The Labute approximate surface area is 93.9 Å². The van der Waals surface area contributed by atoms with Crippen LogP contribution in [0.4, 0.5) is 0 Å². The molecule has 2 atom stereocenters. The summed E-state index contributed by atoms with van der Waals surface area (Å²) in [5, 5.41) is 12.3. The Bertz CT molecular complexity index is 164. The molecule has 0 aromatic carbocycles. The number of rotatable bonds is 7. The topological polar surface area (TPSA) is 35.5 Å². The van der Waals surface area contributed by atoms with Gasteiger partial charge in [0.05, 0.1) is 0 Å². The maximum atomic E-state index is 8.88. The molecular weight excluding hydrogens is 188 g/mol. The van der Waals surface area contributed by atoms with Crippen LogP contribution in [-0.2, 0) is 0 Å². The number of hydrogen-bond acceptors (Lipinski definition) is 3. The average molecular weight is 214 g/mol. The van der Waals surface area contributed by atoms with Gasteiger partial charge in [0.1, 0.15) is 0 Å². The van der Waals surface area contributed by atoms with Gasteiger partial charge >= 0.3 is 0 Å². The van der Waals surface area contributed by atoms with Crippen LogP contribution in [0.25, 0.3) is 0 Å². The van der Waals surface area contributed by atoms with E-state index in [0.717, 1.165) is 31.3 Å². The third-order valence-corrected chi connectivity index (χ3v) is 3.22. The van der Waals surface area contributed by atoms with Crippen LogP contribution in [0.1, 0.15) is 26.7 Å². The number of aliphatic hydroxyl groups is 1. The molecule has 1 fully saturated rings. The molecule has 0 aliphatic carbocycles. The molecule has 1 aliphatic heterocycles. The maximum absolute atomic E-state index is 8.88. The fraction of sp³-hybridized carbons (Fsp3) is 1.00. The second kappa shape index (κ2) is 7.20. The molecule has 90 valence electrons. The van der Waals surface area contributed by atoms with Crippen molar-refractivity contribution in [1.82, 2.24) is 10.2 Å². The molecule has 0 amide bonds. The van der Waals surface area contributed by atoms with Crippen LogP contribution in [0.3, 0.4) is 0 Å². The molecule has 3 nitrogen and oxygen atoms in total. The average Bonchev–Trinajstić information content (AvgIpc) is 2.63. The Hall–Kier alpha value is -0.120. The summed E-state index contributed by atoms with van der Waals surface area (Å²) in [6, 6.07) is 0. The molecule has 15 heavy (non-hydrogen) atoms. The van der Waals surface area contributed by atoms with Crippen molar-refractivity contribution in [2.75, 3.05) is 39.3 Å². The minimum Gasteiger partial charge on any atom is -0.396 e. The normalized spacial score (nSPS) is 24.6. The highest BCUT2D eigenvalue weighted by Gasteiger charge is 2.22. The molecule has 1 saturated heterocycles. The van der Waals surface area contributed by atoms with E-state index < -0.39 is 0 Å². The van der Waals surface area contributed by atoms with E-state index >= 15 is 0 Å². The van der Waals surface area contributed by atoms with Crippen molar-refractivity contribution < 1.29 is 5.11 Å². The zero-order valence-corrected chi connectivity index (χ0v) is 10.2. The molecule has 1 aliphatic rings. The molecule has 0 saturated carbocycles. The predicted octanol–water partition coefficient (Wildman–Crippen LogP) is 0.936. The van der Waals surface area contributed by atoms with Crippen LogP contribution in [0.2, 0.25) is 0 Å². The van der Waals surface area contributed by atoms with Gasteiger partial charge in [-0.15, -0.1) is 0 Å². The molecule has 1 heterocycles. The minimum atomic E-state index is 0.353. The first-order valence-corrected chi connectivity index (χ1v) is 6.30. The zero-order valence-electron chi connectivity index (χ0n) is 10.2. The van der Waals surface area contributed by atoms with Gasteiger partial charge in [-0.05, 0) is 44.3 Å². The lowest BCUT2D eigenvalue weighted by Crippen LogP contribution is -2.32. The smallest absolute Gasteiger partial charge is 0.0434 e. The highest BCUT2D eigenvalue weighted by Crippen LogP contribution is 2.19. The fourth-order valence-corrected chi connectivity index (χ4v) is 2.39. The van der Waals surface area contributed by atoms with Crippen LogP contribution in [0.15, 0.2) is 0 Å². The predicted molar refractivity (Wildman–Crippen MR) is 64.0 cm³/mol. The minimum absolute atomic E-state index is 0.353. The van der Waals surface area contributed by atoms with Gasteiger partial charge in [0.2, 0.25) is 0 Å². The van der Waals surface area contributed by atoms with E-state index in [-0.39, 0.29) is 0 Å². The van der Waals surface area contributed by atoms with E-state index in [1.54, 1.807) is 0 Å². The summed E-state index contributed by atoms with van der Waals surface area (Å²) in [6.45, 7) is 10.6. The second-order valence-corrected chi connectivity index (χ2v) is 4.84. The molecule has 0 spiro atoms. The third kappa shape index (κ3) is 4.96. The number of nitrogens with one attached hydrogen (secondary N) is 1. The largest absolute Gasteiger partial charge is 0.396 e. The monoisotopic (exact) mass is 214 g/mol. The standard InChI is InChI=1S/C12H26N2O/c1-3-13-8-11(2)9-14-6-4-12(10-14)5-7-15/h11-13,15H,3-10H2,1-2H3. The Morgan fingerprint density at radius 1 is 1.53 bits per heavy atom. The van der Waals surface area contributed by atoms with Gasteiger partial charge in [0.25, 0.3) is 0 Å². The summed E-state index contributed by atoms with van der Waals surface area (Å²) >= 11 is 0. The van der Waals surface area contributed by atoms with Gasteiger partial charge in [-0.25, -0.2) is 0 Å². The maximum Gasteiger partial charge on any atom is 0.0434 e. The van der Waals surface area contributed by atoms with E-state index in [1.807, 2.05) is 0 Å². The second-order valence-electron chi connectivity index (χ2n) is 4.84. The van der Waals surface area contributed by atoms with Gasteiger partial charge in [0, 0.05) is 19.7 Å². The van der Waals surface area contributed by atoms with Crippen molar-refractivity contribution in [1.29, 1.82) is 0 Å². The summed E-state index contributed by atoms with van der Waals surface area (Å²) in [4.78, 5) is 2.54. The van der Waals surface area contributed by atoms with Crippen LogP contribution in [-0.4, -0.2) is 49.3 Å². The molecule has 2 N–H and O–H groups in total. The van der Waals surface area contributed by atoms with Crippen molar-refractivity contribution in [2.24, 2.45) is 11.8 Å². The summed E-state index contributed by atoms with van der Waals surface area (Å²) in [7, 11) is 0. The van der Waals surface area contributed by atoms with E-state index in [9.17, 15) is 0 Å². The molecule has 3 heteroatoms. The van der Waals surface area contributed by atoms with E-state index in [0.29, 0.717) is 6.61 Å². The number of hydrogen-bond donors (Lipinski definition) is 2. The highest BCUT2D eigenvalue weighted by atomic mass is 16.3. The number of aliphatic hydroxyl groups excluding tert-OH is 1. The van der Waals surface area contributed by atoms with Crippen molar-refractivity contribution in [2.45, 2.75) is 26.7 Å². The summed E-state index contributed by atoms with van der Waals surface area (Å²) in [6.07, 6.45) is 2.26. The van der Waals surface area contributed by atoms with Crippen LogP contribution in [0.5, 0.6) is 0 Å². The highest BCUT2D eigenvalue weighted by molar-refractivity contribution is 4.76. The first-order valence-electron chi connectivity index (χ1n) is 6.30. The van der Waals surface area contributed by atoms with Crippen LogP contribution in [0, 0.1) is 11.8 Å². The molecular formula is C12H26N2O. The molecule has 0 bridgehead atoms. The van der Waals surface area contributed by atoms with Crippen LogP contribution < -0.4 is 5.32 Å². The van der Waals surface area contributed by atoms with Crippen molar-refractivity contribution >= 4 is 0 Å². The lowest BCUT2D eigenvalue weighted by Gasteiger charge is -2.21. The van der Waals surface area contributed by atoms with Gasteiger partial charge in [0.15, 0.2) is 0 Å². The number of likely N-dealkylation sites (tertiary alicyclic amines) is 1. The first kappa shape index (κ1) is 12.9. The summed E-state index contributed by atoms with van der Waals surface area (Å²) < 4.78 is 0. The first-order chi connectivity index (χ1) is 7.26. The van der Waals surface area contributed by atoms with E-state index in [2.05, 4.69) is 24.1 Å². The Balaban J connectivity index is 2.12. The van der Waals surface area contributed by atoms with Gasteiger partial charge in [-0.1, -0.05) is 13.8 Å². The fourth-order valence-electron chi connectivity index (χ4n) is 2.39. The van der Waals surface area contributed by atoms with Crippen molar-refractivity contribution in [3.05, 3.63) is 0 Å². The molecule has 0 aromatic rings. The van der Waals surface area contributed by atoms with E-state index in [4.69, 9.17) is 5.11 Å². The Morgan fingerprint density at radius 2 is 2.33 bits per heavy atom. The van der Waals surface area contributed by atoms with Crippen molar-refractivity contribution in [3.8, 4) is 0 Å². The van der Waals surface area contributed by atoms with Gasteiger partial charge in [-0.2, -0.15) is 0 Å². The summed E-state index contributed by atoms with van der Waals surface area (Å²) in [5.74, 6) is 1.47. The SMILES string of the molecule is CCNCC(C)CN1CCC(CCO)C1. The van der Waals surface area contributed by atoms with Gasteiger partial charge < -0.3 is 15.3 Å². The third-order valence-electron chi connectivity index (χ3n) is 3.22. The Morgan fingerprint density at radius 3 is 3.00 bits per heavy atom. The molecule has 1 rings (SSSR count). The molecule has 2 unspecified atom stereocenters. The zero-order chi connectivity index (χ0) is 11.1. The van der Waals surface area contributed by atoms with Gasteiger partial charge in [-0.3, -0.25) is 0 Å². The number of nitrogens with zero attached hydrogens (tertiary/aromatic N) is 1. The molecule has 0 aromatic heterocycles. The lowest BCUT2D eigenvalue weighted by atomic mass is 10.1. The lowest BCUT2D eigenvalue weighted by molar-refractivity contribution is 0.241. The van der Waals surface area contributed by atoms with Crippen LogP contribution >= 0.6 is 0 Å². The molecule has 0 radical (unpaired) electrons. The van der Waals surface area contributed by atoms with E-state index in [1.165, 1.54) is 26.1 Å². The summed E-state index contributed by atoms with van der Waals surface area (Å²) in [5.41, 5.74) is 0.